The van der Waals surface area contributed by atoms with E-state index in [0.29, 0.717) is 0 Å². The molecule has 0 amide bonds. The van der Waals surface area contributed by atoms with Gasteiger partial charge in [0.2, 0.25) is 0 Å². The normalized spacial score (nSPS) is 14.5. The SMILES string of the molecule is Cc1ccccc1N(c1ccc2c(c1)C(C)(C)c1cc(/C=C/c3ccc4c(c3)C(C)(C)c3cc(/C=C/c5ccc6c(c5)C(C)(C)c5cc(N(c7ccc8ccccc8c7)c7ccccc7C)ccc5-6)ccc3-4)ccc1-2)c1ccc2ccccc2c1. The number of nitrogens with zero attached hydrogens (tertiary/aromatic N) is 2. The van der Waals surface area contributed by atoms with Crippen LogP contribution in [0.3, 0.4) is 0 Å². The standard InChI is InChI=1S/C83H68N2/c1-53-17-9-15-23-79(53)84(63-35-33-59-19-11-13-21-61(59)49-63)65-37-43-71-69-41-31-57(47-75(69)82(5,6)77(71)51-65)27-25-55-29-39-67-68-40-30-56(46-74(68)81(3,4)73(67)45-55)26-28-58-32-42-70-72-44-38-66(52-78(72)83(7,8)76(70)48-58)85(80-24-16-10-18-54(80)2)64-36-34-60-20-12-14-22-62(60)50-64/h9-52H,1-8H3/b27-25+,28-26+. The Morgan fingerprint density at radius 1 is 0.247 bits per heavy atom. The molecule has 0 aliphatic heterocycles. The van der Waals surface area contributed by atoms with Gasteiger partial charge in [-0.1, -0.05) is 248 Å². The first-order valence-corrected chi connectivity index (χ1v) is 30.1. The molecule has 0 saturated carbocycles. The second kappa shape index (κ2) is 19.7. The number of rotatable bonds is 10. The van der Waals surface area contributed by atoms with Crippen molar-refractivity contribution >= 4 is 80.0 Å². The van der Waals surface area contributed by atoms with Crippen molar-refractivity contribution in [2.75, 3.05) is 9.80 Å². The maximum atomic E-state index is 2.44. The Morgan fingerprint density at radius 3 is 0.835 bits per heavy atom. The second-order valence-electron chi connectivity index (χ2n) is 25.5. The lowest BCUT2D eigenvalue weighted by Gasteiger charge is -2.29. The van der Waals surface area contributed by atoms with E-state index in [1.165, 1.54) is 144 Å². The molecule has 0 saturated heterocycles. The molecule has 2 nitrogen and oxygen atoms in total. The second-order valence-corrected chi connectivity index (χ2v) is 25.5. The van der Waals surface area contributed by atoms with Gasteiger partial charge < -0.3 is 9.80 Å². The average molecular weight is 1090 g/mol. The zero-order valence-electron chi connectivity index (χ0n) is 49.8. The van der Waals surface area contributed by atoms with Crippen molar-refractivity contribution in [2.24, 2.45) is 0 Å². The van der Waals surface area contributed by atoms with E-state index in [4.69, 9.17) is 0 Å². The lowest BCUT2D eigenvalue weighted by Crippen LogP contribution is -2.17. The number of hydrogen-bond donors (Lipinski definition) is 0. The van der Waals surface area contributed by atoms with Gasteiger partial charge in [-0.25, -0.2) is 0 Å². The van der Waals surface area contributed by atoms with Crippen LogP contribution < -0.4 is 9.80 Å². The number of anilines is 6. The van der Waals surface area contributed by atoms with Gasteiger partial charge in [0, 0.05) is 50.4 Å². The lowest BCUT2D eigenvalue weighted by atomic mass is 9.81. The predicted molar refractivity (Wildman–Crippen MR) is 364 cm³/mol. The molecule has 2 heteroatoms. The van der Waals surface area contributed by atoms with E-state index in [1.54, 1.807) is 0 Å². The Kier molecular flexibility index (Phi) is 12.1. The minimum absolute atomic E-state index is 0.158. The van der Waals surface area contributed by atoms with Gasteiger partial charge in [-0.2, -0.15) is 0 Å². The largest absolute Gasteiger partial charge is 0.310 e. The Hall–Kier alpha value is -9.76. The number of aryl methyl sites for hydroxylation is 2. The molecule has 0 atom stereocenters. The monoisotopic (exact) mass is 1090 g/mol. The van der Waals surface area contributed by atoms with Crippen molar-refractivity contribution in [1.82, 2.24) is 0 Å². The fraction of sp³-hybridized carbons (Fsp3) is 0.133. The number of benzene rings is 12. The van der Waals surface area contributed by atoms with E-state index >= 15 is 0 Å². The third-order valence-corrected chi connectivity index (χ3v) is 19.2. The van der Waals surface area contributed by atoms with E-state index in [-0.39, 0.29) is 16.2 Å². The number of hydrogen-bond acceptors (Lipinski definition) is 2. The molecule has 0 N–H and O–H groups in total. The van der Waals surface area contributed by atoms with Gasteiger partial charge in [0.1, 0.15) is 0 Å². The number of fused-ring (bicyclic) bond motifs is 11. The van der Waals surface area contributed by atoms with Crippen LogP contribution in [0.15, 0.2) is 243 Å². The smallest absolute Gasteiger partial charge is 0.0490 e. The topological polar surface area (TPSA) is 6.48 Å². The fourth-order valence-electron chi connectivity index (χ4n) is 14.5. The van der Waals surface area contributed by atoms with Crippen molar-refractivity contribution in [1.29, 1.82) is 0 Å². The van der Waals surface area contributed by atoms with E-state index < -0.39 is 0 Å². The van der Waals surface area contributed by atoms with Gasteiger partial charge in [0.15, 0.2) is 0 Å². The minimum Gasteiger partial charge on any atom is -0.310 e. The maximum Gasteiger partial charge on any atom is 0.0490 e. The van der Waals surface area contributed by atoms with Gasteiger partial charge in [0.25, 0.3) is 0 Å². The van der Waals surface area contributed by atoms with Crippen LogP contribution in [0, 0.1) is 13.8 Å². The summed E-state index contributed by atoms with van der Waals surface area (Å²) in [5.41, 5.74) is 29.9. The highest BCUT2D eigenvalue weighted by Gasteiger charge is 2.39. The summed E-state index contributed by atoms with van der Waals surface area (Å²) in [5, 5.41) is 4.96. The molecular formula is C83H68N2. The molecule has 0 aromatic heterocycles. The summed E-state index contributed by atoms with van der Waals surface area (Å²) in [5.74, 6) is 0. The highest BCUT2D eigenvalue weighted by molar-refractivity contribution is 5.94. The molecule has 3 aliphatic carbocycles. The van der Waals surface area contributed by atoms with Crippen molar-refractivity contribution in [3.05, 3.63) is 309 Å². The first-order valence-electron chi connectivity index (χ1n) is 30.1. The van der Waals surface area contributed by atoms with E-state index in [9.17, 15) is 0 Å². The fourth-order valence-corrected chi connectivity index (χ4v) is 14.5. The molecular weight excluding hydrogens is 1020 g/mol. The first kappa shape index (κ1) is 52.1. The van der Waals surface area contributed by atoms with E-state index in [1.807, 2.05) is 0 Å². The zero-order chi connectivity index (χ0) is 57.9. The maximum absolute atomic E-state index is 2.44. The molecule has 410 valence electrons. The summed E-state index contributed by atoms with van der Waals surface area (Å²) in [6.45, 7) is 18.8. The van der Waals surface area contributed by atoms with Crippen LogP contribution in [-0.2, 0) is 16.2 Å². The van der Waals surface area contributed by atoms with Gasteiger partial charge in [0.05, 0.1) is 0 Å². The molecule has 12 aromatic rings. The highest BCUT2D eigenvalue weighted by Crippen LogP contribution is 2.54. The lowest BCUT2D eigenvalue weighted by molar-refractivity contribution is 0.660. The summed E-state index contributed by atoms with van der Waals surface area (Å²) < 4.78 is 0. The van der Waals surface area contributed by atoms with E-state index in [2.05, 4.69) is 332 Å². The molecule has 15 rings (SSSR count). The minimum atomic E-state index is -0.190. The van der Waals surface area contributed by atoms with Gasteiger partial charge in [-0.3, -0.25) is 0 Å². The molecule has 3 aliphatic rings. The Morgan fingerprint density at radius 2 is 0.506 bits per heavy atom. The third kappa shape index (κ3) is 8.60. The quantitative estimate of drug-likeness (QED) is 0.126. The summed E-state index contributed by atoms with van der Waals surface area (Å²) in [7, 11) is 0. The van der Waals surface area contributed by atoms with Crippen LogP contribution in [-0.4, -0.2) is 0 Å². The Labute approximate surface area is 501 Å². The summed E-state index contributed by atoms with van der Waals surface area (Å²) in [6, 6.07) is 90.7. The van der Waals surface area contributed by atoms with Crippen molar-refractivity contribution in [3.63, 3.8) is 0 Å². The molecule has 0 fully saturated rings. The highest BCUT2D eigenvalue weighted by atomic mass is 15.1. The average Bonchev–Trinajstić information content (AvgIpc) is 3.21. The van der Waals surface area contributed by atoms with E-state index in [0.717, 1.165) is 11.4 Å². The molecule has 0 spiro atoms. The van der Waals surface area contributed by atoms with Crippen molar-refractivity contribution < 1.29 is 0 Å². The Balaban J connectivity index is 0.669. The van der Waals surface area contributed by atoms with Crippen molar-refractivity contribution in [2.45, 2.75) is 71.6 Å². The van der Waals surface area contributed by atoms with Crippen LogP contribution in [0.2, 0.25) is 0 Å². The summed E-state index contributed by atoms with van der Waals surface area (Å²) >= 11 is 0. The molecule has 0 heterocycles. The first-order chi connectivity index (χ1) is 41.2. The molecule has 85 heavy (non-hydrogen) atoms. The van der Waals surface area contributed by atoms with Crippen LogP contribution in [0.5, 0.6) is 0 Å². The molecule has 0 unspecified atom stereocenters. The van der Waals surface area contributed by atoms with Crippen molar-refractivity contribution in [3.8, 4) is 33.4 Å². The molecule has 12 aromatic carbocycles. The van der Waals surface area contributed by atoms with Gasteiger partial charge in [-0.15, -0.1) is 0 Å². The van der Waals surface area contributed by atoms with Crippen LogP contribution in [0.25, 0.3) is 79.2 Å². The summed E-state index contributed by atoms with van der Waals surface area (Å²) in [6.07, 6.45) is 9.20. The Bertz CT molecular complexity index is 4490. The third-order valence-electron chi connectivity index (χ3n) is 19.2. The molecule has 0 bridgehead atoms. The van der Waals surface area contributed by atoms with Gasteiger partial charge in [-0.05, 0) is 196 Å². The summed E-state index contributed by atoms with van der Waals surface area (Å²) in [4.78, 5) is 4.86. The van der Waals surface area contributed by atoms with Gasteiger partial charge >= 0.3 is 0 Å². The van der Waals surface area contributed by atoms with Crippen LogP contribution >= 0.6 is 0 Å². The number of para-hydroxylation sites is 2. The molecule has 0 radical (unpaired) electrons. The zero-order valence-corrected chi connectivity index (χ0v) is 49.8. The van der Waals surface area contributed by atoms with Crippen LogP contribution in [0.1, 0.15) is 108 Å². The van der Waals surface area contributed by atoms with Crippen LogP contribution in [0.4, 0.5) is 34.1 Å². The predicted octanol–water partition coefficient (Wildman–Crippen LogP) is 22.8.